The Labute approximate surface area is 190 Å². The highest BCUT2D eigenvalue weighted by atomic mass is 32.1. The Balaban J connectivity index is 5.25. The van der Waals surface area contributed by atoms with E-state index in [4.69, 9.17) is 22.3 Å². The van der Waals surface area contributed by atoms with Crippen molar-refractivity contribution in [1.29, 1.82) is 0 Å². The van der Waals surface area contributed by atoms with Crippen LogP contribution in [0.15, 0.2) is 4.99 Å². The summed E-state index contributed by atoms with van der Waals surface area (Å²) in [6.45, 7) is 1.52. The van der Waals surface area contributed by atoms with Crippen LogP contribution in [0.4, 0.5) is 0 Å². The van der Waals surface area contributed by atoms with Gasteiger partial charge in [-0.3, -0.25) is 24.2 Å². The fraction of sp³-hybridized carbons (Fsp3) is 0.647. The van der Waals surface area contributed by atoms with E-state index in [-0.39, 0.29) is 37.5 Å². The zero-order valence-electron chi connectivity index (χ0n) is 17.6. The van der Waals surface area contributed by atoms with Gasteiger partial charge in [0.05, 0.1) is 6.04 Å². The Hall–Kier alpha value is -3.07. The van der Waals surface area contributed by atoms with Gasteiger partial charge < -0.3 is 43.4 Å². The van der Waals surface area contributed by atoms with Crippen molar-refractivity contribution in [3.8, 4) is 0 Å². The molecule has 15 heteroatoms. The molecule has 0 spiro atoms. The van der Waals surface area contributed by atoms with Gasteiger partial charge in [0.25, 0.3) is 0 Å². The van der Waals surface area contributed by atoms with Crippen molar-refractivity contribution in [3.05, 3.63) is 0 Å². The maximum Gasteiger partial charge on any atom is 0.326 e. The third-order valence-corrected chi connectivity index (χ3v) is 4.52. The highest BCUT2D eigenvalue weighted by Gasteiger charge is 2.28. The molecule has 0 aromatic heterocycles. The Kier molecular flexibility index (Phi) is 13.4. The summed E-state index contributed by atoms with van der Waals surface area (Å²) in [6.07, 6.45) is -0.531. The quantitative estimate of drug-likeness (QED) is 0.0492. The molecule has 0 aliphatic heterocycles. The van der Waals surface area contributed by atoms with Gasteiger partial charge in [0.1, 0.15) is 18.1 Å². The lowest BCUT2D eigenvalue weighted by Gasteiger charge is -2.23. The molecule has 0 aromatic rings. The highest BCUT2D eigenvalue weighted by Crippen LogP contribution is 2.04. The normalized spacial score (nSPS) is 14.2. The second-order valence-electron chi connectivity index (χ2n) is 6.86. The zero-order valence-corrected chi connectivity index (χ0v) is 18.5. The smallest absolute Gasteiger partial charge is 0.326 e. The monoisotopic (exact) mass is 477 g/mol. The number of nitrogens with zero attached hydrogens (tertiary/aromatic N) is 1. The zero-order chi connectivity index (χ0) is 24.8. The average Bonchev–Trinajstić information content (AvgIpc) is 2.71. The number of aliphatic carboxylic acids is 2. The first-order chi connectivity index (χ1) is 14.9. The summed E-state index contributed by atoms with van der Waals surface area (Å²) in [7, 11) is 0. The predicted molar refractivity (Wildman–Crippen MR) is 118 cm³/mol. The van der Waals surface area contributed by atoms with E-state index in [2.05, 4.69) is 33.6 Å². The summed E-state index contributed by atoms with van der Waals surface area (Å²) in [5.41, 5.74) is 16.0. The van der Waals surface area contributed by atoms with Crippen LogP contribution in [0.25, 0.3) is 0 Å². The number of rotatable bonds is 15. The van der Waals surface area contributed by atoms with Crippen LogP contribution in [-0.2, 0) is 24.0 Å². The van der Waals surface area contributed by atoms with Crippen LogP contribution in [0.1, 0.15) is 32.6 Å². The minimum absolute atomic E-state index is 0.0381. The molecule has 0 aliphatic carbocycles. The second kappa shape index (κ2) is 14.9. The molecular formula is C17H31N7O7S. The first-order valence-corrected chi connectivity index (χ1v) is 10.3. The molecule has 0 rings (SSSR count). The number of aliphatic imine (C=N–C) groups is 1. The molecule has 32 heavy (non-hydrogen) atoms. The van der Waals surface area contributed by atoms with E-state index in [0.29, 0.717) is 0 Å². The SMILES string of the molecule is CC(NC(=O)C(N)CS)C(=O)NC(CCCN=C(N)N)C(=O)NC(CCC(=O)O)C(=O)O. The van der Waals surface area contributed by atoms with Gasteiger partial charge in [-0.15, -0.1) is 0 Å². The van der Waals surface area contributed by atoms with E-state index in [1.54, 1.807) is 0 Å². The molecule has 182 valence electrons. The summed E-state index contributed by atoms with van der Waals surface area (Å²) in [5, 5.41) is 25.0. The molecule has 0 saturated carbocycles. The van der Waals surface area contributed by atoms with Gasteiger partial charge in [0, 0.05) is 18.7 Å². The second-order valence-corrected chi connectivity index (χ2v) is 7.23. The number of carbonyl (C=O) groups is 5. The van der Waals surface area contributed by atoms with Crippen molar-refractivity contribution in [1.82, 2.24) is 16.0 Å². The van der Waals surface area contributed by atoms with Gasteiger partial charge in [-0.2, -0.15) is 12.6 Å². The van der Waals surface area contributed by atoms with E-state index in [9.17, 15) is 29.1 Å². The predicted octanol–water partition coefficient (Wildman–Crippen LogP) is -3.28. The molecule has 0 heterocycles. The standard InChI is InChI=1S/C17H31N7O7S/c1-8(22-14(28)9(18)7-32)13(27)23-10(3-2-6-21-17(19)20)15(29)24-11(16(30)31)4-5-12(25)26/h8-11,32H,2-7,18H2,1H3,(H,22,28)(H,23,27)(H,24,29)(H,25,26)(H,30,31)(H4,19,20,21). The number of carbonyl (C=O) groups excluding carboxylic acids is 3. The van der Waals surface area contributed by atoms with Crippen molar-refractivity contribution < 1.29 is 34.2 Å². The molecule has 3 amide bonds. The summed E-state index contributed by atoms with van der Waals surface area (Å²) in [5.74, 6) is -4.93. The minimum atomic E-state index is -1.47. The number of thiol groups is 1. The summed E-state index contributed by atoms with van der Waals surface area (Å²) in [6, 6.07) is -4.65. The first kappa shape index (κ1) is 28.9. The Morgan fingerprint density at radius 3 is 2.03 bits per heavy atom. The molecular weight excluding hydrogens is 446 g/mol. The Morgan fingerprint density at radius 1 is 0.938 bits per heavy atom. The van der Waals surface area contributed by atoms with Gasteiger partial charge in [-0.05, 0) is 26.2 Å². The number of amides is 3. The molecule has 14 nitrogen and oxygen atoms in total. The molecule has 0 aliphatic rings. The van der Waals surface area contributed by atoms with Crippen molar-refractivity contribution >= 4 is 48.2 Å². The maximum absolute atomic E-state index is 12.6. The molecule has 0 bridgehead atoms. The van der Waals surface area contributed by atoms with E-state index in [1.165, 1.54) is 6.92 Å². The average molecular weight is 478 g/mol. The van der Waals surface area contributed by atoms with Gasteiger partial charge in [-0.1, -0.05) is 0 Å². The van der Waals surface area contributed by atoms with Crippen LogP contribution in [0.3, 0.4) is 0 Å². The fourth-order valence-electron chi connectivity index (χ4n) is 2.34. The van der Waals surface area contributed by atoms with Gasteiger partial charge in [0.15, 0.2) is 5.96 Å². The Morgan fingerprint density at radius 2 is 1.53 bits per heavy atom. The van der Waals surface area contributed by atoms with Crippen LogP contribution in [0.5, 0.6) is 0 Å². The van der Waals surface area contributed by atoms with Crippen molar-refractivity contribution in [2.24, 2.45) is 22.2 Å². The van der Waals surface area contributed by atoms with Crippen LogP contribution < -0.4 is 33.2 Å². The largest absolute Gasteiger partial charge is 0.481 e. The third kappa shape index (κ3) is 11.9. The molecule has 0 radical (unpaired) electrons. The number of nitrogens with two attached hydrogens (primary N) is 3. The lowest BCUT2D eigenvalue weighted by molar-refractivity contribution is -0.143. The number of guanidine groups is 1. The van der Waals surface area contributed by atoms with Gasteiger partial charge in [-0.25, -0.2) is 4.79 Å². The molecule has 0 saturated heterocycles. The molecule has 11 N–H and O–H groups in total. The number of hydrogen-bond acceptors (Lipinski definition) is 8. The fourth-order valence-corrected chi connectivity index (χ4v) is 2.50. The number of nitrogens with one attached hydrogen (secondary N) is 3. The maximum atomic E-state index is 12.6. The van der Waals surface area contributed by atoms with E-state index in [1.807, 2.05) is 0 Å². The van der Waals surface area contributed by atoms with E-state index >= 15 is 0 Å². The number of hydrogen-bond donors (Lipinski definition) is 9. The molecule has 0 aromatic carbocycles. The first-order valence-electron chi connectivity index (χ1n) is 9.66. The van der Waals surface area contributed by atoms with Crippen LogP contribution >= 0.6 is 12.6 Å². The molecule has 4 atom stereocenters. The van der Waals surface area contributed by atoms with Gasteiger partial charge >= 0.3 is 11.9 Å². The number of carboxylic acids is 2. The number of carboxylic acid groups (broad SMARTS) is 2. The van der Waals surface area contributed by atoms with Crippen LogP contribution in [0.2, 0.25) is 0 Å². The lowest BCUT2D eigenvalue weighted by atomic mass is 10.1. The highest BCUT2D eigenvalue weighted by molar-refractivity contribution is 7.80. The van der Waals surface area contributed by atoms with Crippen LogP contribution in [0, 0.1) is 0 Å². The topological polar surface area (TPSA) is 252 Å². The van der Waals surface area contributed by atoms with E-state index in [0.717, 1.165) is 0 Å². The van der Waals surface area contributed by atoms with Crippen LogP contribution in [-0.4, -0.2) is 82.3 Å². The summed E-state index contributed by atoms with van der Waals surface area (Å²) in [4.78, 5) is 62.7. The molecule has 4 unspecified atom stereocenters. The van der Waals surface area contributed by atoms with Crippen molar-refractivity contribution in [2.75, 3.05) is 12.3 Å². The minimum Gasteiger partial charge on any atom is -0.481 e. The van der Waals surface area contributed by atoms with E-state index < -0.39 is 60.2 Å². The lowest BCUT2D eigenvalue weighted by Crippen LogP contribution is -2.56. The molecule has 0 fully saturated rings. The summed E-state index contributed by atoms with van der Waals surface area (Å²) >= 11 is 3.90. The van der Waals surface area contributed by atoms with Crippen molar-refractivity contribution in [3.63, 3.8) is 0 Å². The van der Waals surface area contributed by atoms with Gasteiger partial charge in [0.2, 0.25) is 17.7 Å². The summed E-state index contributed by atoms with van der Waals surface area (Å²) < 4.78 is 0. The van der Waals surface area contributed by atoms with Crippen molar-refractivity contribution in [2.45, 2.75) is 56.8 Å². The Bertz CT molecular complexity index is 715. The third-order valence-electron chi connectivity index (χ3n) is 4.13.